The molecule has 18 heavy (non-hydrogen) atoms. The average Bonchev–Trinajstić information content (AvgIpc) is 2.66. The second kappa shape index (κ2) is 4.86. The van der Waals surface area contributed by atoms with Crippen LogP contribution in [0, 0.1) is 6.92 Å². The summed E-state index contributed by atoms with van der Waals surface area (Å²) < 4.78 is 5.51. The fraction of sp³-hybridized carbons (Fsp3) is 0.231. The molecule has 5 heteroatoms. The summed E-state index contributed by atoms with van der Waals surface area (Å²) >= 11 is 1.04. The molecule has 94 valence electrons. The quantitative estimate of drug-likeness (QED) is 0.520. The van der Waals surface area contributed by atoms with Crippen molar-refractivity contribution in [2.24, 2.45) is 0 Å². The van der Waals surface area contributed by atoms with Crippen LogP contribution in [-0.4, -0.2) is 15.9 Å². The van der Waals surface area contributed by atoms with Gasteiger partial charge in [-0.3, -0.25) is 4.79 Å². The van der Waals surface area contributed by atoms with Crippen molar-refractivity contribution in [2.75, 3.05) is 0 Å². The largest absolute Gasteiger partial charge is 0.511 e. The predicted molar refractivity (Wildman–Crippen MR) is 70.6 cm³/mol. The number of nitrogens with zero attached hydrogens (tertiary/aromatic N) is 1. The van der Waals surface area contributed by atoms with Crippen LogP contribution in [0.3, 0.4) is 0 Å². The zero-order valence-electron chi connectivity index (χ0n) is 10.4. The predicted octanol–water partition coefficient (Wildman–Crippen LogP) is 3.61. The number of benzene rings is 1. The van der Waals surface area contributed by atoms with Gasteiger partial charge in [0, 0.05) is 0 Å². The van der Waals surface area contributed by atoms with Gasteiger partial charge >= 0.3 is 0 Å². The molecule has 0 aliphatic heterocycles. The fourth-order valence-corrected chi connectivity index (χ4v) is 2.29. The van der Waals surface area contributed by atoms with Crippen LogP contribution in [-0.2, 0) is 4.79 Å². The number of rotatable bonds is 3. The summed E-state index contributed by atoms with van der Waals surface area (Å²) in [4.78, 5) is 15.9. The second-order valence-corrected chi connectivity index (χ2v) is 4.99. The normalized spacial score (nSPS) is 12.6. The van der Waals surface area contributed by atoms with Gasteiger partial charge in [-0.1, -0.05) is 6.07 Å². The molecule has 0 aliphatic rings. The molecule has 0 aliphatic carbocycles. The number of oxazole rings is 1. The van der Waals surface area contributed by atoms with E-state index in [1.165, 1.54) is 13.8 Å². The number of aryl methyl sites for hydroxylation is 1. The number of aliphatic hydroxyl groups is 1. The molecule has 0 radical (unpaired) electrons. The minimum absolute atomic E-state index is 0.0223. The number of ketones is 1. The Hall–Kier alpha value is -1.75. The van der Waals surface area contributed by atoms with Gasteiger partial charge in [-0.05, 0) is 50.2 Å². The number of fused-ring (bicyclic) bond motifs is 1. The Morgan fingerprint density at radius 1 is 1.39 bits per heavy atom. The second-order valence-electron chi connectivity index (χ2n) is 4.02. The topological polar surface area (TPSA) is 63.3 Å². The van der Waals surface area contributed by atoms with Gasteiger partial charge in [-0.25, -0.2) is 4.98 Å². The first-order chi connectivity index (χ1) is 8.47. The van der Waals surface area contributed by atoms with Crippen molar-refractivity contribution in [2.45, 2.75) is 26.0 Å². The first kappa shape index (κ1) is 12.7. The molecule has 0 bridgehead atoms. The molecule has 1 aromatic carbocycles. The third-order valence-electron chi connectivity index (χ3n) is 2.36. The molecule has 2 rings (SSSR count). The third-order valence-corrected chi connectivity index (χ3v) is 3.50. The van der Waals surface area contributed by atoms with E-state index in [9.17, 15) is 9.90 Å². The highest BCUT2D eigenvalue weighted by Gasteiger charge is 2.15. The zero-order valence-corrected chi connectivity index (χ0v) is 11.2. The van der Waals surface area contributed by atoms with Gasteiger partial charge in [-0.2, -0.15) is 0 Å². The van der Waals surface area contributed by atoms with Gasteiger partial charge in [0.2, 0.25) is 0 Å². The SMILES string of the molecule is CC(=O)/C(Sc1nc2cc(C)ccc2o1)=C(\C)O. The maximum Gasteiger partial charge on any atom is 0.261 e. The summed E-state index contributed by atoms with van der Waals surface area (Å²) in [6.45, 7) is 4.84. The number of carbonyl (C=O) groups excluding carboxylic acids is 1. The van der Waals surface area contributed by atoms with Gasteiger partial charge < -0.3 is 9.52 Å². The Kier molecular flexibility index (Phi) is 3.43. The summed E-state index contributed by atoms with van der Waals surface area (Å²) in [6, 6.07) is 5.68. The highest BCUT2D eigenvalue weighted by molar-refractivity contribution is 8.03. The highest BCUT2D eigenvalue weighted by Crippen LogP contribution is 2.31. The number of carbonyl (C=O) groups is 1. The Balaban J connectivity index is 2.38. The maximum atomic E-state index is 11.4. The van der Waals surface area contributed by atoms with Crippen molar-refractivity contribution < 1.29 is 14.3 Å². The van der Waals surface area contributed by atoms with Crippen LogP contribution in [0.15, 0.2) is 38.5 Å². The van der Waals surface area contributed by atoms with Crippen LogP contribution in [0.2, 0.25) is 0 Å². The van der Waals surface area contributed by atoms with Gasteiger partial charge in [0.25, 0.3) is 5.22 Å². The molecule has 0 saturated carbocycles. The number of Topliss-reactive ketones (excluding diaryl/α,β-unsaturated/α-hetero) is 1. The zero-order chi connectivity index (χ0) is 13.3. The minimum Gasteiger partial charge on any atom is -0.511 e. The first-order valence-corrected chi connectivity index (χ1v) is 6.25. The van der Waals surface area contributed by atoms with E-state index in [-0.39, 0.29) is 16.4 Å². The van der Waals surface area contributed by atoms with E-state index in [0.29, 0.717) is 10.8 Å². The average molecular weight is 263 g/mol. The molecule has 0 amide bonds. The molecule has 2 aromatic rings. The number of thioether (sulfide) groups is 1. The van der Waals surface area contributed by atoms with Gasteiger partial charge in [-0.15, -0.1) is 0 Å². The molecule has 0 atom stereocenters. The molecule has 0 fully saturated rings. The molecule has 1 heterocycles. The van der Waals surface area contributed by atoms with Crippen molar-refractivity contribution in [3.8, 4) is 0 Å². The van der Waals surface area contributed by atoms with E-state index in [4.69, 9.17) is 4.42 Å². The molecular formula is C13H13NO3S. The summed E-state index contributed by atoms with van der Waals surface area (Å²) in [5.74, 6) is -0.232. The summed E-state index contributed by atoms with van der Waals surface area (Å²) in [6.07, 6.45) is 0. The molecule has 0 unspecified atom stereocenters. The minimum atomic E-state index is -0.210. The van der Waals surface area contributed by atoms with Crippen LogP contribution in [0.25, 0.3) is 11.1 Å². The van der Waals surface area contributed by atoms with Gasteiger partial charge in [0.1, 0.15) is 11.3 Å². The van der Waals surface area contributed by atoms with Crippen LogP contribution in [0.1, 0.15) is 19.4 Å². The Bertz CT molecular complexity index is 639. The molecule has 4 nitrogen and oxygen atoms in total. The molecule has 1 N–H and O–H groups in total. The lowest BCUT2D eigenvalue weighted by atomic mass is 10.2. The number of aromatic nitrogens is 1. The van der Waals surface area contributed by atoms with Crippen LogP contribution in [0.5, 0.6) is 0 Å². The summed E-state index contributed by atoms with van der Waals surface area (Å²) in [7, 11) is 0. The molecule has 1 aromatic heterocycles. The number of allylic oxidation sites excluding steroid dienone is 2. The van der Waals surface area contributed by atoms with E-state index in [0.717, 1.165) is 22.8 Å². The number of hydrogen-bond acceptors (Lipinski definition) is 5. The summed E-state index contributed by atoms with van der Waals surface area (Å²) in [5, 5.41) is 9.79. The molecular weight excluding hydrogens is 250 g/mol. The Morgan fingerprint density at radius 2 is 2.11 bits per heavy atom. The monoisotopic (exact) mass is 263 g/mol. The van der Waals surface area contributed by atoms with Crippen LogP contribution >= 0.6 is 11.8 Å². The summed E-state index contributed by atoms with van der Waals surface area (Å²) in [5.41, 5.74) is 2.51. The van der Waals surface area contributed by atoms with E-state index in [1.54, 1.807) is 0 Å². The number of hydrogen-bond donors (Lipinski definition) is 1. The van der Waals surface area contributed by atoms with Crippen molar-refractivity contribution >= 4 is 28.6 Å². The van der Waals surface area contributed by atoms with E-state index < -0.39 is 0 Å². The van der Waals surface area contributed by atoms with Crippen molar-refractivity contribution in [1.29, 1.82) is 0 Å². The fourth-order valence-electron chi connectivity index (χ4n) is 1.55. The van der Waals surface area contributed by atoms with E-state index in [1.807, 2.05) is 25.1 Å². The van der Waals surface area contributed by atoms with E-state index in [2.05, 4.69) is 4.98 Å². The van der Waals surface area contributed by atoms with Crippen molar-refractivity contribution in [1.82, 2.24) is 4.98 Å². The van der Waals surface area contributed by atoms with Crippen LogP contribution < -0.4 is 0 Å². The Morgan fingerprint density at radius 3 is 2.72 bits per heavy atom. The standard InChI is InChI=1S/C13H13NO3S/c1-7-4-5-11-10(6-7)14-13(17-11)18-12(8(2)15)9(3)16/h4-6,15H,1-3H3/b12-8-. The highest BCUT2D eigenvalue weighted by atomic mass is 32.2. The maximum absolute atomic E-state index is 11.4. The lowest BCUT2D eigenvalue weighted by molar-refractivity contribution is -0.113. The molecule has 0 spiro atoms. The lowest BCUT2D eigenvalue weighted by Gasteiger charge is -2.00. The third kappa shape index (κ3) is 2.56. The van der Waals surface area contributed by atoms with E-state index >= 15 is 0 Å². The van der Waals surface area contributed by atoms with Gasteiger partial charge in [0.05, 0.1) is 4.91 Å². The van der Waals surface area contributed by atoms with Gasteiger partial charge in [0.15, 0.2) is 11.4 Å². The smallest absolute Gasteiger partial charge is 0.261 e. The van der Waals surface area contributed by atoms with Crippen molar-refractivity contribution in [3.05, 3.63) is 34.4 Å². The number of aliphatic hydroxyl groups excluding tert-OH is 1. The first-order valence-electron chi connectivity index (χ1n) is 5.43. The van der Waals surface area contributed by atoms with Crippen molar-refractivity contribution in [3.63, 3.8) is 0 Å². The lowest BCUT2D eigenvalue weighted by Crippen LogP contribution is -1.95. The Labute approximate surface area is 109 Å². The molecule has 0 saturated heterocycles. The van der Waals surface area contributed by atoms with Crippen LogP contribution in [0.4, 0.5) is 0 Å².